The number of nitrogens with one attached hydrogen (secondary N) is 4. The fourth-order valence-electron chi connectivity index (χ4n) is 8.20. The van der Waals surface area contributed by atoms with E-state index in [0.29, 0.717) is 95.3 Å². The predicted octanol–water partition coefficient (Wildman–Crippen LogP) is -3.69. The molecule has 17 N–H and O–H groups in total. The van der Waals surface area contributed by atoms with Crippen LogP contribution in [0.3, 0.4) is 0 Å². The number of ether oxygens (including phenoxy) is 3. The maximum absolute atomic E-state index is 12.8. The van der Waals surface area contributed by atoms with E-state index in [1.165, 1.54) is 22.1 Å². The van der Waals surface area contributed by atoms with Crippen LogP contribution in [0.15, 0.2) is 24.3 Å². The van der Waals surface area contributed by atoms with Crippen molar-refractivity contribution in [3.05, 3.63) is 35.7 Å². The van der Waals surface area contributed by atoms with E-state index in [-0.39, 0.29) is 99.7 Å². The first-order valence-corrected chi connectivity index (χ1v) is 30.9. The van der Waals surface area contributed by atoms with E-state index in [9.17, 15) is 44.4 Å². The number of H-pyrrole nitrogens is 1. The fourth-order valence-corrected chi connectivity index (χ4v) is 12.2. The summed E-state index contributed by atoms with van der Waals surface area (Å²) in [4.78, 5) is 77.8. The number of aromatic amines is 1. The molecule has 30 nitrogen and oxygen atoms in total. The number of nitrogens with zero attached hydrogens (tertiary/aromatic N) is 9. The van der Waals surface area contributed by atoms with Crippen molar-refractivity contribution in [1.29, 1.82) is 0 Å². The summed E-state index contributed by atoms with van der Waals surface area (Å²) in [6, 6.07) is 0. The highest BCUT2D eigenvalue weighted by Crippen LogP contribution is 2.35. The summed E-state index contributed by atoms with van der Waals surface area (Å²) in [6.45, 7) is 7.68. The second-order valence-electron chi connectivity index (χ2n) is 19.0. The van der Waals surface area contributed by atoms with E-state index in [0.717, 1.165) is 33.7 Å². The number of carbonyl (C=O) groups excluding carboxylic acids is 3. The molecule has 2 aromatic rings. The van der Waals surface area contributed by atoms with Gasteiger partial charge in [-0.25, -0.2) is 10.5 Å². The van der Waals surface area contributed by atoms with Crippen LogP contribution in [0.1, 0.15) is 69.5 Å². The Labute approximate surface area is 459 Å². The molecule has 6 unspecified atom stereocenters. The highest BCUT2D eigenvalue weighted by atomic mass is 31.1. The molecule has 0 radical (unpaired) electrons. The average Bonchev–Trinajstić information content (AvgIpc) is 4.15. The van der Waals surface area contributed by atoms with Crippen LogP contribution in [0.25, 0.3) is 0 Å². The van der Waals surface area contributed by atoms with Gasteiger partial charge in [0, 0.05) is 159 Å². The van der Waals surface area contributed by atoms with Crippen molar-refractivity contribution in [2.75, 3.05) is 124 Å². The van der Waals surface area contributed by atoms with Gasteiger partial charge in [0.25, 0.3) is 0 Å². The zero-order valence-electron chi connectivity index (χ0n) is 45.2. The van der Waals surface area contributed by atoms with E-state index in [4.69, 9.17) is 41.1 Å². The summed E-state index contributed by atoms with van der Waals surface area (Å²) in [5.41, 5.74) is 7.41. The third kappa shape index (κ3) is 27.9. The minimum absolute atomic E-state index is 0.0201. The van der Waals surface area contributed by atoms with Gasteiger partial charge in [0.15, 0.2) is 12.5 Å². The molecule has 3 amide bonds. The van der Waals surface area contributed by atoms with Crippen LogP contribution in [-0.2, 0) is 41.7 Å². The summed E-state index contributed by atoms with van der Waals surface area (Å²) < 4.78 is 17.4. The summed E-state index contributed by atoms with van der Waals surface area (Å²) in [7, 11) is -2.66. The van der Waals surface area contributed by atoms with Crippen LogP contribution in [0, 0.1) is 5.92 Å². The molecule has 4 aliphatic heterocycles. The van der Waals surface area contributed by atoms with E-state index in [1.54, 1.807) is 6.20 Å². The molecule has 4 aliphatic rings. The van der Waals surface area contributed by atoms with Gasteiger partial charge in [-0.3, -0.25) is 34.1 Å². The highest BCUT2D eigenvalue weighted by molar-refractivity contribution is 7.52. The van der Waals surface area contributed by atoms with Gasteiger partial charge in [-0.05, 0) is 25.2 Å². The first kappa shape index (κ1) is 69.0. The monoisotopic (exact) mass is 1170 g/mol. The molecule has 2 aromatic heterocycles. The zero-order chi connectivity index (χ0) is 57.4. The van der Waals surface area contributed by atoms with Gasteiger partial charge in [-0.15, -0.1) is 5.10 Å². The van der Waals surface area contributed by atoms with Crippen LogP contribution in [0.4, 0.5) is 0 Å². The number of hydrazine groups is 1. The number of aromatic nitrogens is 6. The summed E-state index contributed by atoms with van der Waals surface area (Å²) >= 11 is 0. The Bertz CT molecular complexity index is 1970. The van der Waals surface area contributed by atoms with E-state index >= 15 is 0 Å². The molecule has 0 bridgehead atoms. The number of amides is 3. The maximum Gasteiger partial charge on any atom is 0.220 e. The van der Waals surface area contributed by atoms with Crippen LogP contribution in [0.5, 0.6) is 0 Å². The van der Waals surface area contributed by atoms with Gasteiger partial charge in [-0.1, -0.05) is 12.1 Å². The van der Waals surface area contributed by atoms with Crippen molar-refractivity contribution in [3.8, 4) is 0 Å². The normalized spacial score (nSPS) is 24.8. The van der Waals surface area contributed by atoms with Crippen LogP contribution in [0.2, 0.25) is 0 Å². The highest BCUT2D eigenvalue weighted by Gasteiger charge is 2.32. The number of hydrogen-bond acceptors (Lipinski definition) is 25. The van der Waals surface area contributed by atoms with Gasteiger partial charge in [0.05, 0.1) is 64.1 Å². The Morgan fingerprint density at radius 3 is 1.76 bits per heavy atom. The summed E-state index contributed by atoms with van der Waals surface area (Å²) in [5, 5.41) is 80.8. The van der Waals surface area contributed by atoms with Crippen LogP contribution < -0.4 is 27.5 Å². The van der Waals surface area contributed by atoms with E-state index in [1.807, 2.05) is 6.92 Å². The van der Waals surface area contributed by atoms with Gasteiger partial charge in [-0.2, -0.15) is 15.4 Å². The molecule has 0 aromatic carbocycles. The van der Waals surface area contributed by atoms with E-state index in [2.05, 4.69) is 56.4 Å². The van der Waals surface area contributed by atoms with Gasteiger partial charge in [0.2, 0.25) is 17.7 Å². The standard InChI is InChI=1S/C38H70N15O11P3.C5H10O2.2CH4O/c1-27-14-32(55)37(63-22-27)52(40)20-28(39)16-41-34(57)2-11-65(60)24-49-5-7-50(25-66(61)12-3-35(58)42-17-29-19-44-47-45-29)9-10-51(8-6-49)26-67(62)13-4-36(59)43-18-30-21-53(48-46-30)38-33(56)15-31(54)23-64-38;6-5-2-1-3-7-4-5;2*1-2/h19-21,27,31-33,37-38,54-56,60-62H,2-18,22-26,39-40H2,1H3,(H,41,57)(H,42,58)(H,43,59)(H,44,45,47);5-6H,1-4H2;2*2H,1H3/b28-20-;;;/t27-,31-,32?,33?,37-,38-,65?,66?,67?;;;/m1.../s1. The van der Waals surface area contributed by atoms with Gasteiger partial charge in [0.1, 0.15) is 23.6 Å². The van der Waals surface area contributed by atoms with Crippen LogP contribution in [-0.4, -0.2) is 268 Å². The molecule has 6 rings (SSSR count). The smallest absolute Gasteiger partial charge is 0.220 e. The number of aliphatic hydroxyl groups is 6. The van der Waals surface area contributed by atoms with Crippen molar-refractivity contribution >= 4 is 42.2 Å². The molecule has 0 saturated carbocycles. The van der Waals surface area contributed by atoms with Crippen LogP contribution >= 0.6 is 24.4 Å². The number of carbonyl (C=O) groups is 3. The number of rotatable bonds is 24. The van der Waals surface area contributed by atoms with Crippen molar-refractivity contribution in [3.63, 3.8) is 0 Å². The Balaban J connectivity index is 0.00000132. The summed E-state index contributed by atoms with van der Waals surface area (Å²) in [6.07, 6.45) is 5.11. The lowest BCUT2D eigenvalue weighted by Gasteiger charge is -2.36. The molecule has 4 fully saturated rings. The Morgan fingerprint density at radius 1 is 0.756 bits per heavy atom. The molecule has 78 heavy (non-hydrogen) atoms. The average molecular weight is 1170 g/mol. The lowest BCUT2D eigenvalue weighted by atomic mass is 10.0. The Morgan fingerprint density at radius 2 is 1.29 bits per heavy atom. The first-order valence-electron chi connectivity index (χ1n) is 25.9. The maximum atomic E-state index is 12.8. The lowest BCUT2D eigenvalue weighted by Crippen LogP contribution is -2.51. The molecule has 0 aliphatic carbocycles. The lowest BCUT2D eigenvalue weighted by molar-refractivity contribution is -0.159. The molecule has 0 spiro atoms. The Hall–Kier alpha value is -3.32. The largest absolute Gasteiger partial charge is 0.400 e. The molecular weight excluding hydrogens is 1080 g/mol. The molecule has 6 heterocycles. The van der Waals surface area contributed by atoms with E-state index < -0.39 is 55.2 Å². The SMILES string of the molecule is CO.CO.C[C@H]1CO[C@@H](N(N)/C=C(\N)CNC(=O)CCP(O)CN2CCN(CP(O)CCC(=O)NCc3cn([C@@H]4OC[C@H](O)CC4O)nn3)CCN(CP(O)CCC(=O)NCc3cn[nH]n3)CC2)C(O)C1.OC1CCCOC1. The molecule has 10 atom stereocenters. The molecule has 4 saturated heterocycles. The third-order valence-electron chi connectivity index (χ3n) is 12.4. The van der Waals surface area contributed by atoms with Gasteiger partial charge < -0.3 is 81.2 Å². The summed E-state index contributed by atoms with van der Waals surface area (Å²) in [5.74, 6) is 5.50. The molecular formula is C45H88N15O15P3. The molecule has 448 valence electrons. The van der Waals surface area contributed by atoms with Crippen molar-refractivity contribution < 1.29 is 73.9 Å². The third-order valence-corrected chi connectivity index (χ3v) is 16.8. The van der Waals surface area contributed by atoms with Crippen molar-refractivity contribution in [1.82, 2.24) is 66.1 Å². The predicted molar refractivity (Wildman–Crippen MR) is 290 cm³/mol. The quantitative estimate of drug-likeness (QED) is 0.0273. The van der Waals surface area contributed by atoms with Gasteiger partial charge >= 0.3 is 0 Å². The van der Waals surface area contributed by atoms with Crippen molar-refractivity contribution in [2.45, 2.75) is 102 Å². The number of aliphatic hydroxyl groups excluding tert-OH is 6. The zero-order valence-corrected chi connectivity index (χ0v) is 47.8. The fraction of sp³-hybridized carbons (Fsp3) is 0.800. The number of nitrogens with two attached hydrogens (primary N) is 2. The minimum atomic E-state index is -1.57. The second kappa shape index (κ2) is 39.2. The minimum Gasteiger partial charge on any atom is -0.400 e. The topological polar surface area (TPSA) is 434 Å². The van der Waals surface area contributed by atoms with Crippen molar-refractivity contribution in [2.24, 2.45) is 17.5 Å². The second-order valence-corrected chi connectivity index (χ2v) is 24.3. The Kier molecular flexibility index (Phi) is 34.6. The molecule has 33 heteroatoms. The first-order chi connectivity index (χ1) is 37.5. The number of hydrogen-bond donors (Lipinski definition) is 15.